The molecular weight excluding hydrogens is 257 g/mol. The first kappa shape index (κ1) is 13.9. The zero-order valence-corrected chi connectivity index (χ0v) is 11.3. The quantitative estimate of drug-likeness (QED) is 0.853. The molecule has 0 heterocycles. The Kier molecular flexibility index (Phi) is 4.21. The fraction of sp³-hybridized carbons (Fsp3) is 0.188. The molecule has 0 unspecified atom stereocenters. The Morgan fingerprint density at radius 1 is 1.15 bits per heavy atom. The molecule has 0 aliphatic rings. The number of hydrogen-bond acceptors (Lipinski definition) is 3. The number of halogens is 1. The molecule has 2 rings (SSSR count). The Morgan fingerprint density at radius 2 is 1.95 bits per heavy atom. The number of hydrogen-bond donors (Lipinski definition) is 0. The standard InChI is InChI=1S/C16H14FNO2/c1-11-3-5-14(17)8-13(11)10-20-15-6-4-12(9-18)7-16(15)19-2/h3-8H,10H2,1-2H3. The molecule has 0 spiro atoms. The van der Waals surface area contributed by atoms with Gasteiger partial charge in [-0.1, -0.05) is 6.07 Å². The van der Waals surface area contributed by atoms with Crippen molar-refractivity contribution in [2.45, 2.75) is 13.5 Å². The Hall–Kier alpha value is -2.54. The molecule has 20 heavy (non-hydrogen) atoms. The van der Waals surface area contributed by atoms with Crippen LogP contribution in [-0.2, 0) is 6.61 Å². The van der Waals surface area contributed by atoms with Crippen molar-refractivity contribution in [3.05, 3.63) is 58.9 Å². The van der Waals surface area contributed by atoms with Crippen molar-refractivity contribution in [1.82, 2.24) is 0 Å². The lowest BCUT2D eigenvalue weighted by Crippen LogP contribution is -2.00. The first-order valence-corrected chi connectivity index (χ1v) is 6.10. The number of methoxy groups -OCH3 is 1. The zero-order chi connectivity index (χ0) is 14.5. The lowest BCUT2D eigenvalue weighted by Gasteiger charge is -2.12. The minimum absolute atomic E-state index is 0.242. The van der Waals surface area contributed by atoms with Crippen molar-refractivity contribution in [1.29, 1.82) is 5.26 Å². The molecule has 0 saturated carbocycles. The summed E-state index contributed by atoms with van der Waals surface area (Å²) in [6, 6.07) is 11.5. The van der Waals surface area contributed by atoms with Gasteiger partial charge in [0, 0.05) is 6.07 Å². The molecule has 0 amide bonds. The molecule has 0 fully saturated rings. The van der Waals surface area contributed by atoms with Gasteiger partial charge < -0.3 is 9.47 Å². The largest absolute Gasteiger partial charge is 0.493 e. The maximum Gasteiger partial charge on any atom is 0.162 e. The smallest absolute Gasteiger partial charge is 0.162 e. The zero-order valence-electron chi connectivity index (χ0n) is 11.3. The molecule has 2 aromatic rings. The number of nitriles is 1. The summed E-state index contributed by atoms with van der Waals surface area (Å²) in [5.74, 6) is 0.717. The number of rotatable bonds is 4. The monoisotopic (exact) mass is 271 g/mol. The van der Waals surface area contributed by atoms with Crippen LogP contribution >= 0.6 is 0 Å². The minimum atomic E-state index is -0.291. The summed E-state index contributed by atoms with van der Waals surface area (Å²) in [5, 5.41) is 8.84. The van der Waals surface area contributed by atoms with Crippen LogP contribution in [0.15, 0.2) is 36.4 Å². The summed E-state index contributed by atoms with van der Waals surface area (Å²) in [4.78, 5) is 0. The van der Waals surface area contributed by atoms with Crippen LogP contribution in [0, 0.1) is 24.1 Å². The molecule has 0 aromatic heterocycles. The van der Waals surface area contributed by atoms with E-state index in [0.29, 0.717) is 17.1 Å². The molecule has 4 heteroatoms. The summed E-state index contributed by atoms with van der Waals surface area (Å²) in [6.07, 6.45) is 0. The van der Waals surface area contributed by atoms with Gasteiger partial charge in [-0.25, -0.2) is 4.39 Å². The lowest BCUT2D eigenvalue weighted by molar-refractivity contribution is 0.283. The van der Waals surface area contributed by atoms with E-state index < -0.39 is 0 Å². The topological polar surface area (TPSA) is 42.2 Å². The van der Waals surface area contributed by atoms with Gasteiger partial charge >= 0.3 is 0 Å². The van der Waals surface area contributed by atoms with Crippen LogP contribution in [-0.4, -0.2) is 7.11 Å². The third-order valence-electron chi connectivity index (χ3n) is 2.99. The van der Waals surface area contributed by atoms with E-state index in [-0.39, 0.29) is 12.4 Å². The first-order chi connectivity index (χ1) is 9.63. The normalized spacial score (nSPS) is 9.90. The van der Waals surface area contributed by atoms with Gasteiger partial charge in [0.25, 0.3) is 0 Å². The van der Waals surface area contributed by atoms with Gasteiger partial charge in [-0.05, 0) is 42.3 Å². The van der Waals surface area contributed by atoms with Gasteiger partial charge in [-0.3, -0.25) is 0 Å². The highest BCUT2D eigenvalue weighted by Crippen LogP contribution is 2.28. The predicted molar refractivity (Wildman–Crippen MR) is 73.2 cm³/mol. The molecule has 0 N–H and O–H groups in total. The van der Waals surface area contributed by atoms with Crippen LogP contribution in [0.5, 0.6) is 11.5 Å². The second-order valence-electron chi connectivity index (χ2n) is 4.34. The number of benzene rings is 2. The highest BCUT2D eigenvalue weighted by Gasteiger charge is 2.07. The van der Waals surface area contributed by atoms with Crippen LogP contribution in [0.3, 0.4) is 0 Å². The number of nitrogens with zero attached hydrogens (tertiary/aromatic N) is 1. The van der Waals surface area contributed by atoms with E-state index >= 15 is 0 Å². The van der Waals surface area contributed by atoms with Crippen molar-refractivity contribution in [3.63, 3.8) is 0 Å². The molecule has 2 aromatic carbocycles. The number of ether oxygens (including phenoxy) is 2. The maximum atomic E-state index is 13.2. The van der Waals surface area contributed by atoms with Gasteiger partial charge in [0.15, 0.2) is 11.5 Å². The van der Waals surface area contributed by atoms with Gasteiger partial charge in [-0.2, -0.15) is 5.26 Å². The van der Waals surface area contributed by atoms with Crippen molar-refractivity contribution in [2.75, 3.05) is 7.11 Å². The van der Waals surface area contributed by atoms with Crippen LogP contribution in [0.1, 0.15) is 16.7 Å². The number of aryl methyl sites for hydroxylation is 1. The van der Waals surface area contributed by atoms with Crippen LogP contribution in [0.25, 0.3) is 0 Å². The predicted octanol–water partition coefficient (Wildman–Crippen LogP) is 3.59. The molecule has 0 bridgehead atoms. The minimum Gasteiger partial charge on any atom is -0.493 e. The second-order valence-corrected chi connectivity index (χ2v) is 4.34. The summed E-state index contributed by atoms with van der Waals surface area (Å²) in [7, 11) is 1.51. The molecule has 102 valence electrons. The Labute approximate surface area is 117 Å². The van der Waals surface area contributed by atoms with E-state index in [4.69, 9.17) is 14.7 Å². The molecule has 0 atom stereocenters. The Bertz CT molecular complexity index is 662. The summed E-state index contributed by atoms with van der Waals surface area (Å²) < 4.78 is 24.0. The fourth-order valence-electron chi connectivity index (χ4n) is 1.81. The van der Waals surface area contributed by atoms with E-state index in [0.717, 1.165) is 11.1 Å². The summed E-state index contributed by atoms with van der Waals surface area (Å²) >= 11 is 0. The molecule has 0 aliphatic heterocycles. The maximum absolute atomic E-state index is 13.2. The van der Waals surface area contributed by atoms with Crippen LogP contribution in [0.2, 0.25) is 0 Å². The van der Waals surface area contributed by atoms with Gasteiger partial charge in [0.05, 0.1) is 18.7 Å². The van der Waals surface area contributed by atoms with Gasteiger partial charge in [0.2, 0.25) is 0 Å². The summed E-state index contributed by atoms with van der Waals surface area (Å²) in [6.45, 7) is 2.14. The van der Waals surface area contributed by atoms with E-state index in [9.17, 15) is 4.39 Å². The van der Waals surface area contributed by atoms with Crippen LogP contribution < -0.4 is 9.47 Å². The SMILES string of the molecule is COc1cc(C#N)ccc1OCc1cc(F)ccc1C. The molecule has 0 aliphatic carbocycles. The van der Waals surface area contributed by atoms with Crippen LogP contribution in [0.4, 0.5) is 4.39 Å². The average molecular weight is 271 g/mol. The van der Waals surface area contributed by atoms with Crippen molar-refractivity contribution >= 4 is 0 Å². The molecule has 3 nitrogen and oxygen atoms in total. The van der Waals surface area contributed by atoms with Gasteiger partial charge in [-0.15, -0.1) is 0 Å². The Morgan fingerprint density at radius 3 is 2.65 bits per heavy atom. The summed E-state index contributed by atoms with van der Waals surface area (Å²) in [5.41, 5.74) is 2.23. The molecule has 0 saturated heterocycles. The highest BCUT2D eigenvalue weighted by atomic mass is 19.1. The first-order valence-electron chi connectivity index (χ1n) is 6.10. The van der Waals surface area contributed by atoms with E-state index in [1.54, 1.807) is 24.3 Å². The Balaban J connectivity index is 2.19. The third-order valence-corrected chi connectivity index (χ3v) is 2.99. The van der Waals surface area contributed by atoms with Crippen molar-refractivity contribution in [3.8, 4) is 17.6 Å². The molecule has 0 radical (unpaired) electrons. The lowest BCUT2D eigenvalue weighted by atomic mass is 10.1. The van der Waals surface area contributed by atoms with E-state index in [1.807, 2.05) is 13.0 Å². The van der Waals surface area contributed by atoms with Crippen molar-refractivity contribution in [2.24, 2.45) is 0 Å². The second kappa shape index (κ2) is 6.07. The van der Waals surface area contributed by atoms with Crippen molar-refractivity contribution < 1.29 is 13.9 Å². The van der Waals surface area contributed by atoms with E-state index in [2.05, 4.69) is 0 Å². The average Bonchev–Trinajstić information content (AvgIpc) is 2.48. The van der Waals surface area contributed by atoms with E-state index in [1.165, 1.54) is 19.2 Å². The highest BCUT2D eigenvalue weighted by molar-refractivity contribution is 5.46. The molecular formula is C16H14FNO2. The van der Waals surface area contributed by atoms with Gasteiger partial charge in [0.1, 0.15) is 12.4 Å². The third kappa shape index (κ3) is 3.07. The fourth-order valence-corrected chi connectivity index (χ4v) is 1.81.